The molecule has 0 aromatic heterocycles. The molecule has 3 aromatic carbocycles. The number of fused-ring (bicyclic) bond motifs is 1. The Kier molecular flexibility index (Phi) is 5.73. The first kappa shape index (κ1) is 20.5. The van der Waals surface area contributed by atoms with Gasteiger partial charge in [0.05, 0.1) is 24.2 Å². The highest BCUT2D eigenvalue weighted by Gasteiger charge is 2.32. The van der Waals surface area contributed by atoms with Gasteiger partial charge in [-0.15, -0.1) is 0 Å². The number of aliphatic imine (C=N–C) groups is 1. The first-order chi connectivity index (χ1) is 15.7. The molecular formula is C27H27N3O2. The molecule has 5 rings (SSSR count). The molecule has 1 unspecified atom stereocenters. The number of nitrogens with zero attached hydrogens (tertiary/aromatic N) is 2. The van der Waals surface area contributed by atoms with Crippen LogP contribution in [0, 0.1) is 0 Å². The van der Waals surface area contributed by atoms with Crippen molar-refractivity contribution in [2.75, 3.05) is 13.1 Å². The van der Waals surface area contributed by atoms with Crippen LogP contribution in [0.5, 0.6) is 0 Å². The van der Waals surface area contributed by atoms with E-state index in [9.17, 15) is 9.90 Å². The van der Waals surface area contributed by atoms with Gasteiger partial charge in [0.1, 0.15) is 0 Å². The molecule has 2 N–H and O–H groups in total. The van der Waals surface area contributed by atoms with Gasteiger partial charge in [-0.3, -0.25) is 4.79 Å². The van der Waals surface area contributed by atoms with Crippen LogP contribution in [0.15, 0.2) is 77.8 Å². The first-order valence-corrected chi connectivity index (χ1v) is 11.2. The number of likely N-dealkylation sites (tertiary alicyclic amines) is 1. The molecule has 1 amide bonds. The maximum absolute atomic E-state index is 12.9. The van der Waals surface area contributed by atoms with Gasteiger partial charge in [-0.05, 0) is 59.4 Å². The standard InChI is InChI=1S/C27H27N3O2/c31-25-16-22-12-13-23(28-18-30-14-4-5-15-30)17-24(22)26(25)29-27(32)21-10-8-20(9-11-21)19-6-2-1-3-7-19/h1-3,6-13,17-18,25-26,31H,4-5,14-16H2,(H,29,32)/t25-,26?/m1/s1. The topological polar surface area (TPSA) is 64.9 Å². The quantitative estimate of drug-likeness (QED) is 0.467. The third-order valence-electron chi connectivity index (χ3n) is 6.33. The summed E-state index contributed by atoms with van der Waals surface area (Å²) in [6, 6.07) is 23.2. The van der Waals surface area contributed by atoms with Crippen LogP contribution in [0.4, 0.5) is 5.69 Å². The van der Waals surface area contributed by atoms with Crippen LogP contribution in [0.3, 0.4) is 0 Å². The SMILES string of the molecule is O=C(NC1c2cc(N=CN3CCCC3)ccc2C[C@H]1O)c1ccc(-c2ccccc2)cc1. The molecule has 1 saturated heterocycles. The van der Waals surface area contributed by atoms with Crippen LogP contribution >= 0.6 is 0 Å². The molecular weight excluding hydrogens is 398 g/mol. The molecule has 1 fully saturated rings. The molecule has 1 heterocycles. The van der Waals surface area contributed by atoms with Gasteiger partial charge in [-0.25, -0.2) is 4.99 Å². The Hall–Kier alpha value is -3.44. The lowest BCUT2D eigenvalue weighted by molar-refractivity contribution is 0.0858. The minimum atomic E-state index is -0.643. The summed E-state index contributed by atoms with van der Waals surface area (Å²) in [5.41, 5.74) is 5.60. The van der Waals surface area contributed by atoms with Crippen molar-refractivity contribution >= 4 is 17.9 Å². The highest BCUT2D eigenvalue weighted by molar-refractivity contribution is 5.95. The van der Waals surface area contributed by atoms with E-state index in [-0.39, 0.29) is 5.91 Å². The summed E-state index contributed by atoms with van der Waals surface area (Å²) in [5.74, 6) is -0.188. The van der Waals surface area contributed by atoms with E-state index in [0.29, 0.717) is 12.0 Å². The van der Waals surface area contributed by atoms with Crippen LogP contribution in [0.1, 0.15) is 40.4 Å². The summed E-state index contributed by atoms with van der Waals surface area (Å²) in [7, 11) is 0. The van der Waals surface area contributed by atoms with Crippen molar-refractivity contribution in [3.05, 3.63) is 89.5 Å². The van der Waals surface area contributed by atoms with Gasteiger partial charge in [-0.2, -0.15) is 0 Å². The fourth-order valence-electron chi connectivity index (χ4n) is 4.54. The number of hydrogen-bond donors (Lipinski definition) is 2. The number of hydrogen-bond acceptors (Lipinski definition) is 3. The molecule has 2 atom stereocenters. The van der Waals surface area contributed by atoms with Crippen molar-refractivity contribution < 1.29 is 9.90 Å². The van der Waals surface area contributed by atoms with Gasteiger partial charge >= 0.3 is 0 Å². The summed E-state index contributed by atoms with van der Waals surface area (Å²) in [5, 5.41) is 13.7. The summed E-state index contributed by atoms with van der Waals surface area (Å²) in [6.07, 6.45) is 4.21. The summed E-state index contributed by atoms with van der Waals surface area (Å²) >= 11 is 0. The van der Waals surface area contributed by atoms with Crippen LogP contribution in [-0.4, -0.2) is 41.4 Å². The van der Waals surface area contributed by atoms with Crippen molar-refractivity contribution in [1.29, 1.82) is 0 Å². The number of carbonyl (C=O) groups excluding carboxylic acids is 1. The van der Waals surface area contributed by atoms with E-state index in [4.69, 9.17) is 0 Å². The van der Waals surface area contributed by atoms with Crippen molar-refractivity contribution in [2.45, 2.75) is 31.4 Å². The zero-order valence-corrected chi connectivity index (χ0v) is 17.9. The minimum absolute atomic E-state index is 0.188. The Balaban J connectivity index is 1.31. The third kappa shape index (κ3) is 4.30. The summed E-state index contributed by atoms with van der Waals surface area (Å²) < 4.78 is 0. The van der Waals surface area contributed by atoms with E-state index in [1.54, 1.807) is 0 Å². The normalized spacial score (nSPS) is 20.0. The number of rotatable bonds is 5. The van der Waals surface area contributed by atoms with E-state index in [0.717, 1.165) is 41.0 Å². The maximum Gasteiger partial charge on any atom is 0.251 e. The average molecular weight is 426 g/mol. The molecule has 0 radical (unpaired) electrons. The lowest BCUT2D eigenvalue weighted by Crippen LogP contribution is -2.33. The highest BCUT2D eigenvalue weighted by atomic mass is 16.3. The monoisotopic (exact) mass is 425 g/mol. The van der Waals surface area contributed by atoms with Gasteiger partial charge in [0.2, 0.25) is 0 Å². The summed E-state index contributed by atoms with van der Waals surface area (Å²) in [4.78, 5) is 19.8. The van der Waals surface area contributed by atoms with E-state index in [1.807, 2.05) is 79.1 Å². The van der Waals surface area contributed by atoms with Crippen LogP contribution in [0.25, 0.3) is 11.1 Å². The van der Waals surface area contributed by atoms with Gasteiger partial charge < -0.3 is 15.3 Å². The first-order valence-electron chi connectivity index (χ1n) is 11.2. The third-order valence-corrected chi connectivity index (χ3v) is 6.33. The maximum atomic E-state index is 12.9. The molecule has 1 aliphatic heterocycles. The number of nitrogens with one attached hydrogen (secondary N) is 1. The lowest BCUT2D eigenvalue weighted by Gasteiger charge is -2.18. The average Bonchev–Trinajstić information content (AvgIpc) is 3.46. The van der Waals surface area contributed by atoms with E-state index in [1.165, 1.54) is 12.8 Å². The van der Waals surface area contributed by atoms with Crippen molar-refractivity contribution in [3.63, 3.8) is 0 Å². The Labute approximate surface area is 188 Å². The predicted molar refractivity (Wildman–Crippen MR) is 127 cm³/mol. The van der Waals surface area contributed by atoms with Crippen LogP contribution in [0.2, 0.25) is 0 Å². The van der Waals surface area contributed by atoms with Gasteiger partial charge in [0.15, 0.2) is 0 Å². The highest BCUT2D eigenvalue weighted by Crippen LogP contribution is 2.34. The number of benzene rings is 3. The number of aliphatic hydroxyl groups excluding tert-OH is 1. The van der Waals surface area contributed by atoms with Crippen molar-refractivity contribution in [1.82, 2.24) is 10.2 Å². The summed E-state index contributed by atoms with van der Waals surface area (Å²) in [6.45, 7) is 2.10. The fourth-order valence-corrected chi connectivity index (χ4v) is 4.54. The number of aliphatic hydroxyl groups is 1. The molecule has 162 valence electrons. The molecule has 5 heteroatoms. The smallest absolute Gasteiger partial charge is 0.251 e. The van der Waals surface area contributed by atoms with E-state index in [2.05, 4.69) is 15.2 Å². The molecule has 1 aliphatic carbocycles. The van der Waals surface area contributed by atoms with E-state index >= 15 is 0 Å². The molecule has 2 aliphatic rings. The zero-order chi connectivity index (χ0) is 21.9. The second kappa shape index (κ2) is 8.97. The Morgan fingerprint density at radius 1 is 0.969 bits per heavy atom. The molecule has 32 heavy (non-hydrogen) atoms. The molecule has 0 saturated carbocycles. The Morgan fingerprint density at radius 3 is 2.44 bits per heavy atom. The fraction of sp³-hybridized carbons (Fsp3) is 0.259. The number of amides is 1. The zero-order valence-electron chi connectivity index (χ0n) is 17.9. The van der Waals surface area contributed by atoms with Gasteiger partial charge in [0.25, 0.3) is 5.91 Å². The molecule has 0 spiro atoms. The van der Waals surface area contributed by atoms with Crippen LogP contribution in [-0.2, 0) is 6.42 Å². The molecule has 5 nitrogen and oxygen atoms in total. The number of carbonyl (C=O) groups is 1. The second-order valence-electron chi connectivity index (χ2n) is 8.54. The Morgan fingerprint density at radius 2 is 1.69 bits per heavy atom. The van der Waals surface area contributed by atoms with Gasteiger partial charge in [-0.1, -0.05) is 48.5 Å². The van der Waals surface area contributed by atoms with Crippen LogP contribution < -0.4 is 5.32 Å². The lowest BCUT2D eigenvalue weighted by atomic mass is 10.0. The van der Waals surface area contributed by atoms with Crippen molar-refractivity contribution in [2.24, 2.45) is 4.99 Å². The molecule has 0 bridgehead atoms. The van der Waals surface area contributed by atoms with E-state index < -0.39 is 12.1 Å². The predicted octanol–water partition coefficient (Wildman–Crippen LogP) is 4.50. The second-order valence-corrected chi connectivity index (χ2v) is 8.54. The largest absolute Gasteiger partial charge is 0.390 e. The minimum Gasteiger partial charge on any atom is -0.390 e. The van der Waals surface area contributed by atoms with Gasteiger partial charge in [0, 0.05) is 25.1 Å². The Bertz CT molecular complexity index is 1120. The molecule has 3 aromatic rings. The van der Waals surface area contributed by atoms with Crippen molar-refractivity contribution in [3.8, 4) is 11.1 Å².